The maximum Gasteiger partial charge on any atom is 0.308 e. The summed E-state index contributed by atoms with van der Waals surface area (Å²) in [5.41, 5.74) is 1.10. The second-order valence-corrected chi connectivity index (χ2v) is 4.91. The van der Waals surface area contributed by atoms with Crippen molar-refractivity contribution in [3.8, 4) is 0 Å². The van der Waals surface area contributed by atoms with E-state index in [4.69, 9.17) is 5.11 Å². The predicted octanol–water partition coefficient (Wildman–Crippen LogP) is 2.47. The molecule has 94 valence electrons. The minimum atomic E-state index is -0.693. The number of hydrogen-bond donors (Lipinski definition) is 2. The number of fused-ring (bicyclic) bond motifs is 1. The quantitative estimate of drug-likeness (QED) is 0.853. The van der Waals surface area contributed by atoms with Crippen LogP contribution in [0.2, 0.25) is 0 Å². The molecule has 1 saturated heterocycles. The van der Waals surface area contributed by atoms with E-state index in [-0.39, 0.29) is 12.0 Å². The normalized spacial score (nSPS) is 23.7. The second kappa shape index (κ2) is 4.05. The number of carboxylic acids is 1. The van der Waals surface area contributed by atoms with Crippen LogP contribution in [0, 0.1) is 5.92 Å². The van der Waals surface area contributed by atoms with E-state index >= 15 is 0 Å². The highest BCUT2D eigenvalue weighted by atomic mass is 16.4. The zero-order valence-electron chi connectivity index (χ0n) is 10.3. The molecule has 4 nitrogen and oxygen atoms in total. The molecule has 2 atom stereocenters. The molecule has 18 heavy (non-hydrogen) atoms. The topological polar surface area (TPSA) is 56.3 Å². The largest absolute Gasteiger partial charge is 0.481 e. The Morgan fingerprint density at radius 1 is 1.44 bits per heavy atom. The molecule has 0 radical (unpaired) electrons. The average molecular weight is 244 g/mol. The summed E-state index contributed by atoms with van der Waals surface area (Å²) in [7, 11) is 0. The number of nitrogens with zero attached hydrogens (tertiary/aromatic N) is 1. The lowest BCUT2D eigenvalue weighted by molar-refractivity contribution is -0.141. The number of carboxylic acid groups (broad SMARTS) is 1. The van der Waals surface area contributed by atoms with Gasteiger partial charge in [-0.1, -0.05) is 18.2 Å². The minimum Gasteiger partial charge on any atom is -0.481 e. The maximum absolute atomic E-state index is 11.1. The van der Waals surface area contributed by atoms with Gasteiger partial charge in [0, 0.05) is 23.5 Å². The van der Waals surface area contributed by atoms with E-state index in [0.717, 1.165) is 17.9 Å². The lowest BCUT2D eigenvalue weighted by atomic mass is 10.0. The van der Waals surface area contributed by atoms with Crippen LogP contribution in [-0.4, -0.2) is 28.6 Å². The Kier molecular flexibility index (Phi) is 2.51. The molecular formula is C14H16N2O2. The number of carbonyl (C=O) groups is 1. The van der Waals surface area contributed by atoms with Crippen molar-refractivity contribution in [1.82, 2.24) is 4.98 Å². The smallest absolute Gasteiger partial charge is 0.308 e. The molecule has 1 aliphatic heterocycles. The Morgan fingerprint density at radius 2 is 2.22 bits per heavy atom. The summed E-state index contributed by atoms with van der Waals surface area (Å²) in [5, 5.41) is 10.3. The number of nitrogens with one attached hydrogen (secondary N) is 1. The molecule has 0 unspecified atom stereocenters. The first kappa shape index (κ1) is 11.1. The van der Waals surface area contributed by atoms with E-state index in [9.17, 15) is 4.79 Å². The fourth-order valence-corrected chi connectivity index (χ4v) is 2.82. The number of benzene rings is 1. The maximum atomic E-state index is 11.1. The molecule has 0 spiro atoms. The van der Waals surface area contributed by atoms with Crippen molar-refractivity contribution in [1.29, 1.82) is 0 Å². The van der Waals surface area contributed by atoms with Crippen LogP contribution < -0.4 is 4.90 Å². The lowest BCUT2D eigenvalue weighted by Crippen LogP contribution is -2.33. The molecular weight excluding hydrogens is 228 g/mol. The Morgan fingerprint density at radius 3 is 2.89 bits per heavy atom. The molecule has 0 saturated carbocycles. The second-order valence-electron chi connectivity index (χ2n) is 4.91. The summed E-state index contributed by atoms with van der Waals surface area (Å²) in [4.78, 5) is 16.6. The van der Waals surface area contributed by atoms with Crippen molar-refractivity contribution >= 4 is 22.7 Å². The summed E-state index contributed by atoms with van der Waals surface area (Å²) >= 11 is 0. The van der Waals surface area contributed by atoms with Gasteiger partial charge in [0.05, 0.1) is 5.92 Å². The number of hydrogen-bond acceptors (Lipinski definition) is 2. The molecule has 3 rings (SSSR count). The van der Waals surface area contributed by atoms with Crippen LogP contribution in [0.3, 0.4) is 0 Å². The molecule has 1 aromatic carbocycles. The van der Waals surface area contributed by atoms with Crippen molar-refractivity contribution in [3.63, 3.8) is 0 Å². The van der Waals surface area contributed by atoms with Crippen molar-refractivity contribution < 1.29 is 9.90 Å². The van der Waals surface area contributed by atoms with E-state index in [0.29, 0.717) is 6.42 Å². The third-order valence-corrected chi connectivity index (χ3v) is 3.90. The van der Waals surface area contributed by atoms with Crippen molar-refractivity contribution in [2.24, 2.45) is 5.92 Å². The van der Waals surface area contributed by atoms with Crippen molar-refractivity contribution in [2.75, 3.05) is 11.4 Å². The first-order valence-electron chi connectivity index (χ1n) is 6.24. The highest BCUT2D eigenvalue weighted by Crippen LogP contribution is 2.31. The minimum absolute atomic E-state index is 0.0376. The third-order valence-electron chi connectivity index (χ3n) is 3.90. The molecule has 2 N–H and O–H groups in total. The highest BCUT2D eigenvalue weighted by Gasteiger charge is 2.36. The van der Waals surface area contributed by atoms with Gasteiger partial charge in [0.2, 0.25) is 0 Å². The van der Waals surface area contributed by atoms with Crippen molar-refractivity contribution in [3.05, 3.63) is 30.3 Å². The van der Waals surface area contributed by atoms with Gasteiger partial charge >= 0.3 is 5.97 Å². The average Bonchev–Trinajstić information content (AvgIpc) is 2.91. The highest BCUT2D eigenvalue weighted by molar-refractivity contribution is 5.84. The summed E-state index contributed by atoms with van der Waals surface area (Å²) in [6, 6.07) is 10.2. The number of rotatable bonds is 2. The molecule has 2 aromatic rings. The molecule has 1 aromatic heterocycles. The van der Waals surface area contributed by atoms with E-state index < -0.39 is 5.97 Å². The summed E-state index contributed by atoms with van der Waals surface area (Å²) in [6.07, 6.45) is 0.714. The van der Waals surface area contributed by atoms with Crippen LogP contribution in [0.15, 0.2) is 30.3 Å². The summed E-state index contributed by atoms with van der Waals surface area (Å²) in [5.74, 6) is 0.0602. The first-order valence-corrected chi connectivity index (χ1v) is 6.24. The number of H-pyrrole nitrogens is 1. The van der Waals surface area contributed by atoms with Crippen LogP contribution in [0.5, 0.6) is 0 Å². The van der Waals surface area contributed by atoms with Gasteiger partial charge in [0.1, 0.15) is 5.82 Å². The molecule has 1 aliphatic rings. The van der Waals surface area contributed by atoms with Gasteiger partial charge in [0.15, 0.2) is 0 Å². The molecule has 0 amide bonds. The van der Waals surface area contributed by atoms with Gasteiger partial charge in [-0.2, -0.15) is 0 Å². The van der Waals surface area contributed by atoms with Gasteiger partial charge in [0.25, 0.3) is 0 Å². The monoisotopic (exact) mass is 244 g/mol. The van der Waals surface area contributed by atoms with E-state index in [1.54, 1.807) is 0 Å². The number of anilines is 1. The number of aliphatic carboxylic acids is 1. The predicted molar refractivity (Wildman–Crippen MR) is 70.8 cm³/mol. The van der Waals surface area contributed by atoms with E-state index in [1.165, 1.54) is 5.39 Å². The first-order chi connectivity index (χ1) is 8.66. The van der Waals surface area contributed by atoms with Crippen LogP contribution in [0.25, 0.3) is 10.9 Å². The van der Waals surface area contributed by atoms with Gasteiger partial charge in [-0.05, 0) is 25.5 Å². The molecule has 1 fully saturated rings. The summed E-state index contributed by atoms with van der Waals surface area (Å²) < 4.78 is 0. The summed E-state index contributed by atoms with van der Waals surface area (Å²) in [6.45, 7) is 2.78. The van der Waals surface area contributed by atoms with E-state index in [2.05, 4.69) is 22.0 Å². The Labute approximate surface area is 105 Å². The van der Waals surface area contributed by atoms with Crippen LogP contribution in [-0.2, 0) is 4.79 Å². The van der Waals surface area contributed by atoms with Gasteiger partial charge in [-0.25, -0.2) is 0 Å². The molecule has 2 heterocycles. The van der Waals surface area contributed by atoms with Crippen molar-refractivity contribution in [2.45, 2.75) is 19.4 Å². The molecule has 0 bridgehead atoms. The van der Waals surface area contributed by atoms with Crippen LogP contribution in [0.1, 0.15) is 13.3 Å². The fraction of sp³-hybridized carbons (Fsp3) is 0.357. The molecule has 0 aliphatic carbocycles. The third kappa shape index (κ3) is 1.65. The number of para-hydroxylation sites is 1. The Balaban J connectivity index is 1.93. The van der Waals surface area contributed by atoms with Gasteiger partial charge in [-0.15, -0.1) is 0 Å². The number of aromatic nitrogens is 1. The molecule has 4 heteroatoms. The standard InChI is InChI=1S/C14H16N2O2/c1-9-11(14(17)18)6-7-16(9)13-8-10-4-2-3-5-12(10)15-13/h2-5,8-9,11,15H,6-7H2,1H3,(H,17,18)/t9-,11+/m1/s1. The lowest BCUT2D eigenvalue weighted by Gasteiger charge is -2.23. The Hall–Kier alpha value is -1.97. The SMILES string of the molecule is C[C@@H]1[C@@H](C(=O)O)CCN1c1cc2ccccc2[nH]1. The van der Waals surface area contributed by atoms with E-state index in [1.807, 2.05) is 25.1 Å². The zero-order valence-corrected chi connectivity index (χ0v) is 10.3. The van der Waals surface area contributed by atoms with Crippen LogP contribution >= 0.6 is 0 Å². The van der Waals surface area contributed by atoms with Gasteiger partial charge < -0.3 is 15.0 Å². The Bertz CT molecular complexity index is 557. The fourth-order valence-electron chi connectivity index (χ4n) is 2.82. The van der Waals surface area contributed by atoms with Gasteiger partial charge in [-0.3, -0.25) is 4.79 Å². The number of aromatic amines is 1. The zero-order chi connectivity index (χ0) is 12.7. The van der Waals surface area contributed by atoms with Crippen LogP contribution in [0.4, 0.5) is 5.82 Å².